The van der Waals surface area contributed by atoms with Crippen molar-refractivity contribution in [3.8, 4) is 5.75 Å². The largest absolute Gasteiger partial charge is 0.493 e. The van der Waals surface area contributed by atoms with Crippen LogP contribution in [0.5, 0.6) is 5.75 Å². The summed E-state index contributed by atoms with van der Waals surface area (Å²) < 4.78 is 17.9. The Morgan fingerprint density at radius 2 is 2.25 bits per heavy atom. The lowest BCUT2D eigenvalue weighted by Gasteiger charge is -2.06. The Morgan fingerprint density at radius 3 is 2.75 bits per heavy atom. The van der Waals surface area contributed by atoms with Gasteiger partial charge in [0.1, 0.15) is 0 Å². The molecular weight excluding hydrogens is 246 g/mol. The number of hydrogen-bond donors (Lipinski definition) is 0. The molecule has 12 heavy (non-hydrogen) atoms. The van der Waals surface area contributed by atoms with Crippen LogP contribution < -0.4 is 4.74 Å². The number of rotatable bonds is 2. The highest BCUT2D eigenvalue weighted by Gasteiger charge is 2.09. The topological polar surface area (TPSA) is 9.23 Å². The van der Waals surface area contributed by atoms with Gasteiger partial charge in [-0.1, -0.05) is 27.5 Å². The third kappa shape index (κ3) is 1.90. The van der Waals surface area contributed by atoms with Gasteiger partial charge in [0.25, 0.3) is 0 Å². The quantitative estimate of drug-likeness (QED) is 0.734. The van der Waals surface area contributed by atoms with Crippen molar-refractivity contribution >= 4 is 27.5 Å². The first-order valence-corrected chi connectivity index (χ1v) is 4.77. The maximum atomic E-state index is 13.1. The molecule has 1 aromatic rings. The average Bonchev–Trinajstić information content (AvgIpc) is 2.03. The number of methoxy groups -OCH3 is 1. The molecule has 1 nitrogen and oxygen atoms in total. The van der Waals surface area contributed by atoms with E-state index in [4.69, 9.17) is 16.3 Å². The van der Waals surface area contributed by atoms with Crippen LogP contribution in [-0.4, -0.2) is 7.11 Å². The SMILES string of the molecule is COc1c(F)cc(Cl)cc1CBr. The van der Waals surface area contributed by atoms with Gasteiger partial charge in [-0.25, -0.2) is 4.39 Å². The predicted molar refractivity (Wildman–Crippen MR) is 50.6 cm³/mol. The van der Waals surface area contributed by atoms with E-state index in [0.717, 1.165) is 0 Å². The van der Waals surface area contributed by atoms with Crippen molar-refractivity contribution in [2.75, 3.05) is 7.11 Å². The molecule has 1 rings (SSSR count). The lowest BCUT2D eigenvalue weighted by atomic mass is 10.2. The fourth-order valence-electron chi connectivity index (χ4n) is 0.942. The first kappa shape index (κ1) is 9.81. The molecule has 0 aliphatic carbocycles. The molecule has 0 aliphatic heterocycles. The summed E-state index contributed by atoms with van der Waals surface area (Å²) in [6.07, 6.45) is 0. The van der Waals surface area contributed by atoms with Gasteiger partial charge in [-0.15, -0.1) is 0 Å². The highest BCUT2D eigenvalue weighted by molar-refractivity contribution is 9.08. The van der Waals surface area contributed by atoms with E-state index in [1.165, 1.54) is 13.2 Å². The zero-order chi connectivity index (χ0) is 9.14. The second-order valence-corrected chi connectivity index (χ2v) is 3.21. The third-order valence-electron chi connectivity index (χ3n) is 1.43. The number of benzene rings is 1. The highest BCUT2D eigenvalue weighted by Crippen LogP contribution is 2.28. The van der Waals surface area contributed by atoms with Crippen molar-refractivity contribution in [1.82, 2.24) is 0 Å². The lowest BCUT2D eigenvalue weighted by molar-refractivity contribution is 0.383. The van der Waals surface area contributed by atoms with Gasteiger partial charge >= 0.3 is 0 Å². The molecule has 0 unspecified atom stereocenters. The second kappa shape index (κ2) is 4.10. The summed E-state index contributed by atoms with van der Waals surface area (Å²) in [6, 6.07) is 2.89. The van der Waals surface area contributed by atoms with E-state index in [1.54, 1.807) is 6.07 Å². The summed E-state index contributed by atoms with van der Waals surface area (Å²) in [7, 11) is 1.43. The Bertz CT molecular complexity index is 291. The summed E-state index contributed by atoms with van der Waals surface area (Å²) in [5, 5.41) is 0.899. The molecule has 66 valence electrons. The van der Waals surface area contributed by atoms with Crippen molar-refractivity contribution in [3.63, 3.8) is 0 Å². The third-order valence-corrected chi connectivity index (χ3v) is 2.26. The normalized spacial score (nSPS) is 10.0. The summed E-state index contributed by atoms with van der Waals surface area (Å²) in [4.78, 5) is 0. The maximum absolute atomic E-state index is 13.1. The molecular formula is C8H7BrClFO. The molecule has 0 fully saturated rings. The average molecular weight is 253 g/mol. The van der Waals surface area contributed by atoms with Crippen molar-refractivity contribution in [3.05, 3.63) is 28.5 Å². The van der Waals surface area contributed by atoms with Crippen LogP contribution in [0.25, 0.3) is 0 Å². The van der Waals surface area contributed by atoms with Crippen molar-refractivity contribution in [2.45, 2.75) is 5.33 Å². The Hall–Kier alpha value is -0.280. The Balaban J connectivity index is 3.24. The number of alkyl halides is 1. The van der Waals surface area contributed by atoms with Crippen LogP contribution in [0.2, 0.25) is 5.02 Å². The van der Waals surface area contributed by atoms with Gasteiger partial charge < -0.3 is 4.74 Å². The minimum absolute atomic E-state index is 0.247. The van der Waals surface area contributed by atoms with E-state index in [-0.39, 0.29) is 5.75 Å². The van der Waals surface area contributed by atoms with Crippen molar-refractivity contribution in [1.29, 1.82) is 0 Å². The van der Waals surface area contributed by atoms with Crippen LogP contribution in [0.3, 0.4) is 0 Å². The van der Waals surface area contributed by atoms with Crippen LogP contribution in [-0.2, 0) is 5.33 Å². The number of hydrogen-bond acceptors (Lipinski definition) is 1. The molecule has 0 spiro atoms. The molecule has 0 bridgehead atoms. The molecule has 1 aromatic carbocycles. The molecule has 0 saturated heterocycles. The van der Waals surface area contributed by atoms with Gasteiger partial charge in [-0.2, -0.15) is 0 Å². The van der Waals surface area contributed by atoms with Gasteiger partial charge in [0.05, 0.1) is 7.11 Å². The minimum atomic E-state index is -0.431. The molecule has 0 atom stereocenters. The lowest BCUT2D eigenvalue weighted by Crippen LogP contribution is -1.93. The predicted octanol–water partition coefficient (Wildman–Crippen LogP) is 3.38. The van der Waals surface area contributed by atoms with E-state index in [1.807, 2.05) is 0 Å². The standard InChI is InChI=1S/C8H7BrClFO/c1-12-8-5(4-9)2-6(10)3-7(8)11/h2-3H,4H2,1H3. The zero-order valence-electron chi connectivity index (χ0n) is 6.40. The van der Waals surface area contributed by atoms with Crippen LogP contribution in [0.15, 0.2) is 12.1 Å². The van der Waals surface area contributed by atoms with E-state index in [0.29, 0.717) is 15.9 Å². The summed E-state index contributed by atoms with van der Waals surface area (Å²) in [6.45, 7) is 0. The molecule has 0 aromatic heterocycles. The molecule has 0 aliphatic rings. The van der Waals surface area contributed by atoms with Crippen molar-refractivity contribution in [2.24, 2.45) is 0 Å². The summed E-state index contributed by atoms with van der Waals surface area (Å²) in [5.41, 5.74) is 0.711. The zero-order valence-corrected chi connectivity index (χ0v) is 8.75. The van der Waals surface area contributed by atoms with Crippen molar-refractivity contribution < 1.29 is 9.13 Å². The summed E-state index contributed by atoms with van der Waals surface area (Å²) in [5.74, 6) is -0.185. The van der Waals surface area contributed by atoms with Gasteiger partial charge in [-0.05, 0) is 12.1 Å². The minimum Gasteiger partial charge on any atom is -0.493 e. The summed E-state index contributed by atoms with van der Waals surface area (Å²) >= 11 is 8.85. The first-order chi connectivity index (χ1) is 5.69. The van der Waals surface area contributed by atoms with Gasteiger partial charge in [0, 0.05) is 15.9 Å². The maximum Gasteiger partial charge on any atom is 0.166 e. The van der Waals surface area contributed by atoms with E-state index in [9.17, 15) is 4.39 Å². The first-order valence-electron chi connectivity index (χ1n) is 3.27. The Morgan fingerprint density at radius 1 is 1.58 bits per heavy atom. The Kier molecular flexibility index (Phi) is 3.35. The van der Waals surface area contributed by atoms with Gasteiger partial charge in [0.2, 0.25) is 0 Å². The van der Waals surface area contributed by atoms with Crippen LogP contribution in [0, 0.1) is 5.82 Å². The van der Waals surface area contributed by atoms with Crippen LogP contribution >= 0.6 is 27.5 Å². The van der Waals surface area contributed by atoms with Crippen LogP contribution in [0.4, 0.5) is 4.39 Å². The fourth-order valence-corrected chi connectivity index (χ4v) is 1.59. The molecule has 0 N–H and O–H groups in total. The second-order valence-electron chi connectivity index (χ2n) is 2.21. The van der Waals surface area contributed by atoms with E-state index < -0.39 is 5.82 Å². The number of halogens is 3. The fraction of sp³-hybridized carbons (Fsp3) is 0.250. The molecule has 0 radical (unpaired) electrons. The molecule has 4 heteroatoms. The van der Waals surface area contributed by atoms with E-state index >= 15 is 0 Å². The molecule has 0 amide bonds. The highest BCUT2D eigenvalue weighted by atomic mass is 79.9. The van der Waals surface area contributed by atoms with Gasteiger partial charge in [-0.3, -0.25) is 0 Å². The molecule has 0 saturated carbocycles. The number of ether oxygens (including phenoxy) is 1. The monoisotopic (exact) mass is 252 g/mol. The Labute approximate surface area is 83.6 Å². The molecule has 0 heterocycles. The smallest absolute Gasteiger partial charge is 0.166 e. The van der Waals surface area contributed by atoms with Crippen LogP contribution in [0.1, 0.15) is 5.56 Å². The van der Waals surface area contributed by atoms with Gasteiger partial charge in [0.15, 0.2) is 11.6 Å². The van der Waals surface area contributed by atoms with E-state index in [2.05, 4.69) is 15.9 Å².